The van der Waals surface area contributed by atoms with Crippen LogP contribution in [0, 0.1) is 22.7 Å². The number of aliphatic hydroxyl groups excluding tert-OH is 2. The van der Waals surface area contributed by atoms with E-state index in [2.05, 4.69) is 10.6 Å². The van der Waals surface area contributed by atoms with E-state index >= 15 is 4.39 Å². The van der Waals surface area contributed by atoms with Crippen LogP contribution in [0.3, 0.4) is 0 Å². The number of carbonyl (C=O) groups excluding carboxylic acids is 7. The highest BCUT2D eigenvalue weighted by molar-refractivity contribution is 6.13. The van der Waals surface area contributed by atoms with Crippen molar-refractivity contribution in [3.63, 3.8) is 0 Å². The fourth-order valence-corrected chi connectivity index (χ4v) is 11.9. The summed E-state index contributed by atoms with van der Waals surface area (Å²) in [4.78, 5) is 90.9. The first-order chi connectivity index (χ1) is 31.7. The SMILES string of the molecule is COc1cc(Cc2ccc([C@@H]3O[C@@H]4C[C@H]5[C@@H]6CCC7=CC(=O)C=C[C@]7(C)[C@@]6(F)[C@@H](O)C[C@]5(C)[C@]4(C(=O)CO)O3)cc2)ccc1N(C)C(=O)[C@H](C)NC(=O)[C@H](C)NC(=O)CCN1C(=O)C=CC1=O. The number of hydrogen-bond acceptors (Lipinski definition) is 12. The van der Waals surface area contributed by atoms with Crippen LogP contribution in [0.2, 0.25) is 0 Å². The van der Waals surface area contributed by atoms with Crippen LogP contribution in [0.25, 0.3) is 0 Å². The standard InChI is InChI=1S/C50H57FN4O12/c1-27(52-41(60)18-20-55-42(61)15-16-43(55)62)44(63)53-28(2)45(64)54(5)36-14-9-30(22-37(36)65-6)21-29-7-10-31(11-8-29)46-66-40-24-35-34-13-12-32-23-33(57)17-19-47(32,3)49(34,51)38(58)25-48(35,4)50(40,67-46)39(59)26-56/h7-11,14-17,19,22-23,27-28,34-35,38,40,46,56,58H,12-13,18,20-21,24-26H2,1-6H3,(H,52,60)(H,53,63)/t27-,28-,34-,35-,38-,40+,46+,47-,48-,49-,50+/m0/s1. The van der Waals surface area contributed by atoms with Crippen LogP contribution < -0.4 is 20.3 Å². The van der Waals surface area contributed by atoms with Crippen molar-refractivity contribution in [3.8, 4) is 5.75 Å². The Morgan fingerprint density at radius 1 is 0.970 bits per heavy atom. The lowest BCUT2D eigenvalue weighted by Gasteiger charge is -2.62. The predicted octanol–water partition coefficient (Wildman–Crippen LogP) is 3.27. The average molecular weight is 925 g/mol. The summed E-state index contributed by atoms with van der Waals surface area (Å²) >= 11 is 0. The molecule has 356 valence electrons. The number of Topliss-reactive ketones (excluding diaryl/α,β-unsaturated/α-hetero) is 1. The molecule has 4 fully saturated rings. The number of carbonyl (C=O) groups is 7. The maximum atomic E-state index is 17.8. The quantitative estimate of drug-likeness (QED) is 0.201. The van der Waals surface area contributed by atoms with Gasteiger partial charge in [0.25, 0.3) is 11.8 Å². The Hall–Kier alpha value is -5.88. The molecule has 0 unspecified atom stereocenters. The summed E-state index contributed by atoms with van der Waals surface area (Å²) < 4.78 is 36.7. The minimum Gasteiger partial charge on any atom is -0.495 e. The number of methoxy groups -OCH3 is 1. The third-order valence-electron chi connectivity index (χ3n) is 15.5. The predicted molar refractivity (Wildman–Crippen MR) is 239 cm³/mol. The summed E-state index contributed by atoms with van der Waals surface area (Å²) in [5.74, 6) is -4.10. The van der Waals surface area contributed by atoms with Crippen LogP contribution in [0.15, 0.2) is 78.4 Å². The summed E-state index contributed by atoms with van der Waals surface area (Å²) in [6.45, 7) is 5.61. The normalized spacial score (nSPS) is 32.4. The van der Waals surface area contributed by atoms with E-state index in [0.717, 1.165) is 28.2 Å². The minimum atomic E-state index is -2.10. The molecule has 1 saturated heterocycles. The van der Waals surface area contributed by atoms with Crippen molar-refractivity contribution in [2.75, 3.05) is 32.2 Å². The van der Waals surface area contributed by atoms with E-state index in [4.69, 9.17) is 14.2 Å². The lowest BCUT2D eigenvalue weighted by Crippen LogP contribution is -2.69. The summed E-state index contributed by atoms with van der Waals surface area (Å²) in [5, 5.41) is 27.3. The summed E-state index contributed by atoms with van der Waals surface area (Å²) in [6.07, 6.45) is 4.71. The Morgan fingerprint density at radius 2 is 1.66 bits per heavy atom. The smallest absolute Gasteiger partial charge is 0.253 e. The molecule has 2 aromatic carbocycles. The second kappa shape index (κ2) is 17.6. The van der Waals surface area contributed by atoms with Crippen molar-refractivity contribution in [2.45, 2.75) is 108 Å². The van der Waals surface area contributed by atoms with E-state index < -0.39 is 106 Å². The number of aliphatic hydroxyl groups is 2. The number of anilines is 1. The Morgan fingerprint density at radius 3 is 2.33 bits per heavy atom. The number of fused-ring (bicyclic) bond motifs is 7. The summed E-state index contributed by atoms with van der Waals surface area (Å²) in [5.41, 5.74) is -2.51. The number of nitrogens with one attached hydrogen (secondary N) is 2. The van der Waals surface area contributed by atoms with Crippen LogP contribution in [0.5, 0.6) is 5.75 Å². The third-order valence-corrected chi connectivity index (χ3v) is 15.5. The van der Waals surface area contributed by atoms with Gasteiger partial charge in [-0.05, 0) is 94.2 Å². The van der Waals surface area contributed by atoms with Gasteiger partial charge < -0.3 is 40.0 Å². The fraction of sp³-hybridized carbons (Fsp3) is 0.500. The number of hydrogen-bond donors (Lipinski definition) is 4. The van der Waals surface area contributed by atoms with Crippen LogP contribution in [0.4, 0.5) is 10.1 Å². The van der Waals surface area contributed by atoms with E-state index in [1.54, 1.807) is 32.2 Å². The molecule has 0 bridgehead atoms. The molecule has 2 heterocycles. The van der Waals surface area contributed by atoms with E-state index in [0.29, 0.717) is 41.8 Å². The molecule has 6 aliphatic rings. The van der Waals surface area contributed by atoms with Gasteiger partial charge in [-0.25, -0.2) is 4.39 Å². The van der Waals surface area contributed by atoms with Crippen molar-refractivity contribution in [3.05, 3.63) is 95.1 Å². The Kier molecular flexibility index (Phi) is 12.5. The van der Waals surface area contributed by atoms with E-state index in [9.17, 15) is 43.8 Å². The van der Waals surface area contributed by atoms with Gasteiger partial charge in [-0.15, -0.1) is 0 Å². The van der Waals surface area contributed by atoms with Crippen molar-refractivity contribution in [2.24, 2.45) is 22.7 Å². The van der Waals surface area contributed by atoms with Gasteiger partial charge in [-0.1, -0.05) is 48.9 Å². The molecule has 0 radical (unpaired) electrons. The van der Waals surface area contributed by atoms with E-state index in [1.807, 2.05) is 37.3 Å². The van der Waals surface area contributed by atoms with E-state index in [-0.39, 0.29) is 31.6 Å². The molecule has 0 aromatic heterocycles. The van der Waals surface area contributed by atoms with Crippen LogP contribution in [-0.4, -0.2) is 119 Å². The molecule has 2 aliphatic heterocycles. The molecule has 2 aromatic rings. The van der Waals surface area contributed by atoms with Gasteiger partial charge in [0.2, 0.25) is 17.7 Å². The first-order valence-corrected chi connectivity index (χ1v) is 22.7. The highest BCUT2D eigenvalue weighted by atomic mass is 19.1. The van der Waals surface area contributed by atoms with Gasteiger partial charge >= 0.3 is 0 Å². The van der Waals surface area contributed by atoms with Gasteiger partial charge in [0, 0.05) is 54.5 Å². The molecule has 16 nitrogen and oxygen atoms in total. The van der Waals surface area contributed by atoms with Crippen molar-refractivity contribution in [1.29, 1.82) is 0 Å². The molecule has 5 amide bonds. The average Bonchev–Trinajstić information content (AvgIpc) is 3.93. The largest absolute Gasteiger partial charge is 0.495 e. The van der Waals surface area contributed by atoms with Crippen molar-refractivity contribution >= 4 is 46.8 Å². The second-order valence-electron chi connectivity index (χ2n) is 19.1. The zero-order chi connectivity index (χ0) is 48.4. The topological polar surface area (TPSA) is 218 Å². The highest BCUT2D eigenvalue weighted by Crippen LogP contribution is 2.72. The number of alkyl halides is 1. The molecule has 4 aliphatic carbocycles. The van der Waals surface area contributed by atoms with Crippen molar-refractivity contribution in [1.82, 2.24) is 15.5 Å². The van der Waals surface area contributed by atoms with E-state index in [1.165, 1.54) is 38.0 Å². The number of ketones is 2. The third kappa shape index (κ3) is 7.73. The lowest BCUT2D eigenvalue weighted by atomic mass is 9.44. The number of halogens is 1. The number of ether oxygens (including phenoxy) is 3. The number of nitrogens with zero attached hydrogens (tertiary/aromatic N) is 2. The second-order valence-corrected chi connectivity index (χ2v) is 19.1. The molecule has 17 heteroatoms. The summed E-state index contributed by atoms with van der Waals surface area (Å²) in [6, 6.07) is 10.9. The zero-order valence-electron chi connectivity index (χ0n) is 38.4. The Balaban J connectivity index is 0.898. The van der Waals surface area contributed by atoms with Gasteiger partial charge in [-0.3, -0.25) is 38.5 Å². The molecule has 67 heavy (non-hydrogen) atoms. The Labute approximate surface area is 387 Å². The van der Waals surface area contributed by atoms with Gasteiger partial charge in [0.1, 0.15) is 24.4 Å². The number of rotatable bonds is 14. The monoisotopic (exact) mass is 924 g/mol. The number of amides is 5. The minimum absolute atomic E-state index is 0.107. The molecule has 8 rings (SSSR count). The molecular weight excluding hydrogens is 868 g/mol. The van der Waals surface area contributed by atoms with Crippen LogP contribution >= 0.6 is 0 Å². The molecule has 11 atom stereocenters. The number of benzene rings is 2. The first kappa shape index (κ1) is 47.6. The van der Waals surface area contributed by atoms with Crippen LogP contribution in [0.1, 0.15) is 82.8 Å². The molecule has 0 spiro atoms. The first-order valence-electron chi connectivity index (χ1n) is 22.7. The number of imide groups is 1. The van der Waals surface area contributed by atoms with Crippen molar-refractivity contribution < 1.29 is 62.4 Å². The van der Waals surface area contributed by atoms with Gasteiger partial charge in [0.05, 0.1) is 25.0 Å². The maximum absolute atomic E-state index is 17.8. The Bertz CT molecular complexity index is 2490. The zero-order valence-corrected chi connectivity index (χ0v) is 38.4. The fourth-order valence-electron chi connectivity index (χ4n) is 11.9. The number of likely N-dealkylation sites (N-methyl/N-ethyl adjacent to an activating group) is 1. The van der Waals surface area contributed by atoms with Crippen LogP contribution in [-0.2, 0) is 49.5 Å². The van der Waals surface area contributed by atoms with Gasteiger partial charge in [-0.2, -0.15) is 0 Å². The highest BCUT2D eigenvalue weighted by Gasteiger charge is 2.79. The number of allylic oxidation sites excluding steroid dienone is 4. The molecular formula is C50H57FN4O12. The maximum Gasteiger partial charge on any atom is 0.253 e. The molecule has 4 N–H and O–H groups in total. The lowest BCUT2D eigenvalue weighted by molar-refractivity contribution is -0.231. The summed E-state index contributed by atoms with van der Waals surface area (Å²) in [7, 11) is 3.03. The van der Waals surface area contributed by atoms with Gasteiger partial charge in [0.15, 0.2) is 29.1 Å². The molecule has 3 saturated carbocycles.